The number of halogens is 1. The van der Waals surface area contributed by atoms with Crippen molar-refractivity contribution >= 4 is 5.69 Å². The molecule has 0 heterocycles. The molecule has 0 atom stereocenters. The highest BCUT2D eigenvalue weighted by molar-refractivity contribution is 5.58. The summed E-state index contributed by atoms with van der Waals surface area (Å²) in [5.41, 5.74) is 3.00. The van der Waals surface area contributed by atoms with Crippen molar-refractivity contribution in [2.75, 3.05) is 12.1 Å². The van der Waals surface area contributed by atoms with Crippen LogP contribution in [0.5, 0.6) is 5.75 Å². The molecule has 0 radical (unpaired) electrons. The molecule has 112 valence electrons. The number of nitrogens with two attached hydrogens (primary N) is 1. The van der Waals surface area contributed by atoms with Gasteiger partial charge in [0.05, 0.1) is 11.8 Å². The Bertz CT molecular complexity index is 594. The van der Waals surface area contributed by atoms with E-state index in [1.165, 1.54) is 12.1 Å². The van der Waals surface area contributed by atoms with E-state index in [4.69, 9.17) is 10.6 Å². The van der Waals surface area contributed by atoms with Gasteiger partial charge in [-0.3, -0.25) is 0 Å². The number of hydrogen-bond acceptors (Lipinski definition) is 3. The zero-order chi connectivity index (χ0) is 15.4. The van der Waals surface area contributed by atoms with Crippen molar-refractivity contribution in [1.82, 2.24) is 0 Å². The molecule has 0 aromatic heterocycles. The fourth-order valence-electron chi connectivity index (χ4n) is 2.15. The molecule has 3 nitrogen and oxygen atoms in total. The van der Waals surface area contributed by atoms with Crippen molar-refractivity contribution in [1.29, 1.82) is 0 Å². The molecule has 2 aromatic carbocycles. The summed E-state index contributed by atoms with van der Waals surface area (Å²) in [5.74, 6) is 6.36. The van der Waals surface area contributed by atoms with Gasteiger partial charge in [0, 0.05) is 7.05 Å². The fraction of sp³-hybridized carbons (Fsp3) is 0.294. The summed E-state index contributed by atoms with van der Waals surface area (Å²) in [5, 5.41) is 1.54. The summed E-state index contributed by atoms with van der Waals surface area (Å²) < 4.78 is 18.8. The fourth-order valence-corrected chi connectivity index (χ4v) is 2.15. The summed E-state index contributed by atoms with van der Waals surface area (Å²) >= 11 is 0. The van der Waals surface area contributed by atoms with E-state index in [1.807, 2.05) is 32.0 Å². The second-order valence-corrected chi connectivity index (χ2v) is 5.38. The number of benzene rings is 2. The second kappa shape index (κ2) is 6.59. The lowest BCUT2D eigenvalue weighted by molar-refractivity contribution is 0.243. The SMILES string of the molecule is CC(C)Oc1cc(Cc2ccc(F)cc2)ccc1N(C)N. The number of hydrogen-bond donors (Lipinski definition) is 1. The van der Waals surface area contributed by atoms with Gasteiger partial charge in [-0.2, -0.15) is 0 Å². The molecule has 0 saturated heterocycles. The number of hydrazine groups is 1. The first-order valence-electron chi connectivity index (χ1n) is 6.98. The molecule has 0 amide bonds. The standard InChI is InChI=1S/C17H21FN2O/c1-12(2)21-17-11-14(6-9-16(17)20(3)19)10-13-4-7-15(18)8-5-13/h4-9,11-12H,10,19H2,1-3H3. The van der Waals surface area contributed by atoms with Gasteiger partial charge >= 0.3 is 0 Å². The van der Waals surface area contributed by atoms with Gasteiger partial charge in [0.15, 0.2) is 0 Å². The predicted molar refractivity (Wildman–Crippen MR) is 84.0 cm³/mol. The molecule has 0 fully saturated rings. The van der Waals surface area contributed by atoms with Crippen molar-refractivity contribution in [3.63, 3.8) is 0 Å². The lowest BCUT2D eigenvalue weighted by atomic mass is 10.0. The van der Waals surface area contributed by atoms with Crippen molar-refractivity contribution < 1.29 is 9.13 Å². The molecule has 0 unspecified atom stereocenters. The quantitative estimate of drug-likeness (QED) is 0.676. The molecule has 0 spiro atoms. The van der Waals surface area contributed by atoms with Gasteiger partial charge < -0.3 is 9.75 Å². The van der Waals surface area contributed by atoms with Crippen molar-refractivity contribution in [2.24, 2.45) is 5.84 Å². The molecule has 2 rings (SSSR count). The average molecular weight is 288 g/mol. The normalized spacial score (nSPS) is 10.8. The number of rotatable bonds is 5. The van der Waals surface area contributed by atoms with E-state index in [2.05, 4.69) is 0 Å². The van der Waals surface area contributed by atoms with Crippen LogP contribution >= 0.6 is 0 Å². The molecular formula is C17H21FN2O. The third-order valence-electron chi connectivity index (χ3n) is 3.09. The molecule has 21 heavy (non-hydrogen) atoms. The van der Waals surface area contributed by atoms with E-state index in [-0.39, 0.29) is 11.9 Å². The van der Waals surface area contributed by atoms with Crippen molar-refractivity contribution in [3.8, 4) is 5.75 Å². The predicted octanol–water partition coefficient (Wildman–Crippen LogP) is 3.51. The molecule has 0 aliphatic rings. The van der Waals surface area contributed by atoms with Crippen LogP contribution in [0.4, 0.5) is 10.1 Å². The third kappa shape index (κ3) is 4.20. The highest BCUT2D eigenvalue weighted by Crippen LogP contribution is 2.29. The van der Waals surface area contributed by atoms with Gasteiger partial charge in [0.2, 0.25) is 0 Å². The van der Waals surface area contributed by atoms with E-state index < -0.39 is 0 Å². The van der Waals surface area contributed by atoms with Crippen LogP contribution in [0.1, 0.15) is 25.0 Å². The monoisotopic (exact) mass is 288 g/mol. The van der Waals surface area contributed by atoms with Gasteiger partial charge in [0.25, 0.3) is 0 Å². The van der Waals surface area contributed by atoms with Crippen molar-refractivity contribution in [2.45, 2.75) is 26.4 Å². The molecule has 2 aromatic rings. The van der Waals surface area contributed by atoms with E-state index in [0.717, 1.165) is 29.0 Å². The summed E-state index contributed by atoms with van der Waals surface area (Å²) in [6.07, 6.45) is 0.799. The van der Waals surface area contributed by atoms with Crippen LogP contribution in [0.15, 0.2) is 42.5 Å². The van der Waals surface area contributed by atoms with E-state index in [1.54, 1.807) is 24.2 Å². The highest BCUT2D eigenvalue weighted by atomic mass is 19.1. The Balaban J connectivity index is 2.26. The van der Waals surface area contributed by atoms with Gasteiger partial charge in [-0.15, -0.1) is 0 Å². The topological polar surface area (TPSA) is 38.5 Å². The van der Waals surface area contributed by atoms with Gasteiger partial charge in [0.1, 0.15) is 11.6 Å². The number of ether oxygens (including phenoxy) is 1. The van der Waals surface area contributed by atoms with Crippen LogP contribution in [-0.2, 0) is 6.42 Å². The zero-order valence-electron chi connectivity index (χ0n) is 12.6. The maximum Gasteiger partial charge on any atom is 0.144 e. The Hall–Kier alpha value is -2.07. The first-order chi connectivity index (χ1) is 9.95. The second-order valence-electron chi connectivity index (χ2n) is 5.38. The van der Waals surface area contributed by atoms with Crippen LogP contribution < -0.4 is 15.6 Å². The minimum Gasteiger partial charge on any atom is -0.489 e. The summed E-state index contributed by atoms with van der Waals surface area (Å²) in [7, 11) is 1.78. The first-order valence-corrected chi connectivity index (χ1v) is 6.98. The summed E-state index contributed by atoms with van der Waals surface area (Å²) in [4.78, 5) is 0. The number of anilines is 1. The van der Waals surface area contributed by atoms with Crippen LogP contribution in [0.2, 0.25) is 0 Å². The molecular weight excluding hydrogens is 267 g/mol. The smallest absolute Gasteiger partial charge is 0.144 e. The van der Waals surface area contributed by atoms with Crippen LogP contribution in [0, 0.1) is 5.82 Å². The first kappa shape index (κ1) is 15.3. The molecule has 0 aliphatic carbocycles. The molecule has 0 bridgehead atoms. The molecule has 2 N–H and O–H groups in total. The van der Waals surface area contributed by atoms with E-state index in [9.17, 15) is 4.39 Å². The Morgan fingerprint density at radius 1 is 1.10 bits per heavy atom. The van der Waals surface area contributed by atoms with Gasteiger partial charge in [-0.05, 0) is 55.7 Å². The molecule has 0 aliphatic heterocycles. The highest BCUT2D eigenvalue weighted by Gasteiger charge is 2.10. The molecule has 0 saturated carbocycles. The average Bonchev–Trinajstić information content (AvgIpc) is 2.40. The van der Waals surface area contributed by atoms with Crippen LogP contribution in [0.3, 0.4) is 0 Å². The minimum absolute atomic E-state index is 0.0739. The van der Waals surface area contributed by atoms with E-state index in [0.29, 0.717) is 0 Å². The lowest BCUT2D eigenvalue weighted by Gasteiger charge is -2.20. The minimum atomic E-state index is -0.220. The Kier molecular flexibility index (Phi) is 4.81. The summed E-state index contributed by atoms with van der Waals surface area (Å²) in [6, 6.07) is 12.5. The number of nitrogens with zero attached hydrogens (tertiary/aromatic N) is 1. The van der Waals surface area contributed by atoms with Gasteiger partial charge in [-0.25, -0.2) is 10.2 Å². The Labute approximate surface area is 125 Å². The largest absolute Gasteiger partial charge is 0.489 e. The maximum absolute atomic E-state index is 12.9. The maximum atomic E-state index is 12.9. The zero-order valence-corrected chi connectivity index (χ0v) is 12.6. The lowest BCUT2D eigenvalue weighted by Crippen LogP contribution is -2.26. The van der Waals surface area contributed by atoms with E-state index >= 15 is 0 Å². The van der Waals surface area contributed by atoms with Crippen molar-refractivity contribution in [3.05, 3.63) is 59.4 Å². The summed E-state index contributed by atoms with van der Waals surface area (Å²) in [6.45, 7) is 3.96. The van der Waals surface area contributed by atoms with Crippen LogP contribution in [0.25, 0.3) is 0 Å². The van der Waals surface area contributed by atoms with Gasteiger partial charge in [-0.1, -0.05) is 18.2 Å². The molecule has 4 heteroatoms. The Morgan fingerprint density at radius 3 is 2.29 bits per heavy atom. The Morgan fingerprint density at radius 2 is 1.71 bits per heavy atom. The van der Waals surface area contributed by atoms with Crippen LogP contribution in [-0.4, -0.2) is 13.2 Å². The third-order valence-corrected chi connectivity index (χ3v) is 3.09.